The van der Waals surface area contributed by atoms with Crippen molar-refractivity contribution in [3.63, 3.8) is 0 Å². The average molecular weight is 243 g/mol. The molecule has 0 bridgehead atoms. The molecule has 0 radical (unpaired) electrons. The lowest BCUT2D eigenvalue weighted by atomic mass is 10.1. The Morgan fingerprint density at radius 1 is 1.22 bits per heavy atom. The van der Waals surface area contributed by atoms with E-state index in [2.05, 4.69) is 4.98 Å². The third-order valence-corrected chi connectivity index (χ3v) is 2.52. The number of hydrogen-bond donors (Lipinski definition) is 1. The Morgan fingerprint density at radius 2 is 2.00 bits per heavy atom. The molecule has 0 saturated heterocycles. The molecule has 2 rings (SSSR count). The van der Waals surface area contributed by atoms with Gasteiger partial charge in [0.25, 0.3) is 0 Å². The van der Waals surface area contributed by atoms with Crippen molar-refractivity contribution in [2.75, 3.05) is 7.11 Å². The molecular formula is C14H13NO3. The van der Waals surface area contributed by atoms with Gasteiger partial charge in [0.2, 0.25) is 0 Å². The van der Waals surface area contributed by atoms with Crippen LogP contribution in [0.15, 0.2) is 42.5 Å². The molecule has 0 spiro atoms. The predicted molar refractivity (Wildman–Crippen MR) is 67.6 cm³/mol. The number of benzene rings is 1. The highest BCUT2D eigenvalue weighted by Crippen LogP contribution is 2.27. The van der Waals surface area contributed by atoms with Crippen molar-refractivity contribution >= 4 is 5.97 Å². The molecule has 2 aromatic rings. The zero-order chi connectivity index (χ0) is 13.0. The van der Waals surface area contributed by atoms with E-state index in [4.69, 9.17) is 9.84 Å². The summed E-state index contributed by atoms with van der Waals surface area (Å²) in [6.07, 6.45) is -0.0804. The smallest absolute Gasteiger partial charge is 0.309 e. The number of carboxylic acid groups (broad SMARTS) is 1. The Labute approximate surface area is 105 Å². The molecule has 4 nitrogen and oxygen atoms in total. The van der Waals surface area contributed by atoms with Crippen LogP contribution in [0.5, 0.6) is 5.75 Å². The van der Waals surface area contributed by atoms with E-state index in [0.717, 1.165) is 11.3 Å². The fourth-order valence-corrected chi connectivity index (χ4v) is 1.74. The Morgan fingerprint density at radius 3 is 2.72 bits per heavy atom. The lowest BCUT2D eigenvalue weighted by Gasteiger charge is -2.08. The summed E-state index contributed by atoms with van der Waals surface area (Å²) in [5.74, 6) is -0.169. The van der Waals surface area contributed by atoms with Gasteiger partial charge in [-0.25, -0.2) is 0 Å². The minimum absolute atomic E-state index is 0.0804. The molecule has 0 aliphatic rings. The van der Waals surface area contributed by atoms with Crippen LogP contribution in [-0.4, -0.2) is 23.2 Å². The van der Waals surface area contributed by atoms with Gasteiger partial charge < -0.3 is 9.84 Å². The number of aromatic nitrogens is 1. The van der Waals surface area contributed by atoms with E-state index in [-0.39, 0.29) is 6.42 Å². The van der Waals surface area contributed by atoms with Crippen molar-refractivity contribution in [2.24, 2.45) is 0 Å². The number of ether oxygens (including phenoxy) is 1. The average Bonchev–Trinajstić information content (AvgIpc) is 2.38. The highest BCUT2D eigenvalue weighted by molar-refractivity contribution is 5.71. The van der Waals surface area contributed by atoms with Gasteiger partial charge in [-0.2, -0.15) is 0 Å². The topological polar surface area (TPSA) is 59.4 Å². The van der Waals surface area contributed by atoms with Crippen LogP contribution in [-0.2, 0) is 11.2 Å². The largest absolute Gasteiger partial charge is 0.496 e. The summed E-state index contributed by atoms with van der Waals surface area (Å²) >= 11 is 0. The first-order chi connectivity index (χ1) is 8.70. The minimum Gasteiger partial charge on any atom is -0.496 e. The van der Waals surface area contributed by atoms with Crippen LogP contribution < -0.4 is 4.74 Å². The number of carboxylic acids is 1. The van der Waals surface area contributed by atoms with Crippen molar-refractivity contribution in [1.82, 2.24) is 4.98 Å². The number of methoxy groups -OCH3 is 1. The monoisotopic (exact) mass is 243 g/mol. The minimum atomic E-state index is -0.889. The lowest BCUT2D eigenvalue weighted by Crippen LogP contribution is -2.02. The highest BCUT2D eigenvalue weighted by Gasteiger charge is 2.08. The second-order valence-electron chi connectivity index (χ2n) is 3.78. The fourth-order valence-electron chi connectivity index (χ4n) is 1.74. The third kappa shape index (κ3) is 2.66. The first-order valence-electron chi connectivity index (χ1n) is 5.52. The normalized spacial score (nSPS) is 10.1. The second kappa shape index (κ2) is 5.31. The van der Waals surface area contributed by atoms with E-state index in [1.807, 2.05) is 30.3 Å². The van der Waals surface area contributed by atoms with Crippen LogP contribution in [0, 0.1) is 0 Å². The number of aliphatic carboxylic acids is 1. The van der Waals surface area contributed by atoms with E-state index < -0.39 is 5.97 Å². The molecule has 0 aliphatic carbocycles. The molecule has 0 aliphatic heterocycles. The van der Waals surface area contributed by atoms with Crippen molar-refractivity contribution in [3.05, 3.63) is 48.2 Å². The van der Waals surface area contributed by atoms with E-state index in [1.165, 1.54) is 0 Å². The van der Waals surface area contributed by atoms with Gasteiger partial charge >= 0.3 is 5.97 Å². The van der Waals surface area contributed by atoms with E-state index in [9.17, 15) is 4.79 Å². The van der Waals surface area contributed by atoms with Crippen molar-refractivity contribution in [2.45, 2.75) is 6.42 Å². The summed E-state index contributed by atoms with van der Waals surface area (Å²) in [5.41, 5.74) is 2.10. The summed E-state index contributed by atoms with van der Waals surface area (Å²) in [5, 5.41) is 8.76. The molecule has 1 heterocycles. The summed E-state index contributed by atoms with van der Waals surface area (Å²) in [4.78, 5) is 15.0. The molecule has 0 saturated carbocycles. The summed E-state index contributed by atoms with van der Waals surface area (Å²) in [6, 6.07) is 12.8. The SMILES string of the molecule is COc1ccccc1-c1cccc(CC(=O)O)n1. The zero-order valence-electron chi connectivity index (χ0n) is 9.96. The van der Waals surface area contributed by atoms with Gasteiger partial charge in [0.15, 0.2) is 0 Å². The number of rotatable bonds is 4. The van der Waals surface area contributed by atoms with E-state index in [1.54, 1.807) is 19.2 Å². The number of hydrogen-bond acceptors (Lipinski definition) is 3. The van der Waals surface area contributed by atoms with Crippen LogP contribution in [0.2, 0.25) is 0 Å². The van der Waals surface area contributed by atoms with Gasteiger partial charge in [0.05, 0.1) is 24.9 Å². The maximum atomic E-state index is 10.7. The van der Waals surface area contributed by atoms with Gasteiger partial charge in [0.1, 0.15) is 5.75 Å². The number of pyridine rings is 1. The summed E-state index contributed by atoms with van der Waals surface area (Å²) < 4.78 is 5.26. The summed E-state index contributed by atoms with van der Waals surface area (Å²) in [6.45, 7) is 0. The second-order valence-corrected chi connectivity index (χ2v) is 3.78. The van der Waals surface area contributed by atoms with Gasteiger partial charge in [-0.05, 0) is 24.3 Å². The standard InChI is InChI=1S/C14H13NO3/c1-18-13-8-3-2-6-11(13)12-7-4-5-10(15-12)9-14(16)17/h2-8H,9H2,1H3,(H,16,17). The maximum Gasteiger partial charge on any atom is 0.309 e. The first-order valence-corrected chi connectivity index (χ1v) is 5.52. The lowest BCUT2D eigenvalue weighted by molar-refractivity contribution is -0.136. The molecule has 0 fully saturated rings. The van der Waals surface area contributed by atoms with Crippen LogP contribution in [0.3, 0.4) is 0 Å². The predicted octanol–water partition coefficient (Wildman–Crippen LogP) is 2.38. The fraction of sp³-hybridized carbons (Fsp3) is 0.143. The van der Waals surface area contributed by atoms with Crippen LogP contribution >= 0.6 is 0 Å². The van der Waals surface area contributed by atoms with Crippen LogP contribution in [0.4, 0.5) is 0 Å². The number of carbonyl (C=O) groups is 1. The van der Waals surface area contributed by atoms with E-state index in [0.29, 0.717) is 11.4 Å². The molecule has 1 aromatic heterocycles. The Hall–Kier alpha value is -2.36. The molecule has 1 aromatic carbocycles. The van der Waals surface area contributed by atoms with Gasteiger partial charge in [-0.3, -0.25) is 9.78 Å². The molecule has 1 N–H and O–H groups in total. The Balaban J connectivity index is 2.41. The van der Waals surface area contributed by atoms with Crippen LogP contribution in [0.1, 0.15) is 5.69 Å². The molecule has 0 amide bonds. The van der Waals surface area contributed by atoms with Crippen molar-refractivity contribution in [3.8, 4) is 17.0 Å². The molecule has 18 heavy (non-hydrogen) atoms. The molecular weight excluding hydrogens is 230 g/mol. The van der Waals surface area contributed by atoms with Crippen molar-refractivity contribution in [1.29, 1.82) is 0 Å². The highest BCUT2D eigenvalue weighted by atomic mass is 16.5. The Bertz CT molecular complexity index is 566. The number of nitrogens with zero attached hydrogens (tertiary/aromatic N) is 1. The van der Waals surface area contributed by atoms with Crippen LogP contribution in [0.25, 0.3) is 11.3 Å². The zero-order valence-corrected chi connectivity index (χ0v) is 9.96. The van der Waals surface area contributed by atoms with Gasteiger partial charge in [-0.1, -0.05) is 18.2 Å². The quantitative estimate of drug-likeness (QED) is 0.895. The molecule has 0 atom stereocenters. The van der Waals surface area contributed by atoms with Gasteiger partial charge in [0, 0.05) is 5.56 Å². The van der Waals surface area contributed by atoms with Crippen molar-refractivity contribution < 1.29 is 14.6 Å². The first kappa shape index (κ1) is 12.1. The Kier molecular flexibility index (Phi) is 3.57. The van der Waals surface area contributed by atoms with E-state index >= 15 is 0 Å². The summed E-state index contributed by atoms with van der Waals surface area (Å²) in [7, 11) is 1.60. The maximum absolute atomic E-state index is 10.7. The number of para-hydroxylation sites is 1. The molecule has 0 unspecified atom stereocenters. The van der Waals surface area contributed by atoms with Gasteiger partial charge in [-0.15, -0.1) is 0 Å². The molecule has 4 heteroatoms. The molecule has 92 valence electrons. The third-order valence-electron chi connectivity index (χ3n) is 2.52.